The van der Waals surface area contributed by atoms with E-state index in [2.05, 4.69) is 48.3 Å². The number of hydrogen-bond donors (Lipinski definition) is 2. The lowest BCUT2D eigenvalue weighted by Crippen LogP contribution is -2.33. The van der Waals surface area contributed by atoms with Crippen LogP contribution in [0.25, 0.3) is 0 Å². The van der Waals surface area contributed by atoms with Crippen LogP contribution in [0.4, 0.5) is 5.69 Å². The second-order valence-electron chi connectivity index (χ2n) is 6.04. The van der Waals surface area contributed by atoms with Gasteiger partial charge in [0.2, 0.25) is 0 Å². The number of anilines is 1. The van der Waals surface area contributed by atoms with Crippen LogP contribution in [0.1, 0.15) is 38.7 Å². The van der Waals surface area contributed by atoms with Gasteiger partial charge in [-0.05, 0) is 49.8 Å². The molecule has 2 atom stereocenters. The zero-order valence-corrected chi connectivity index (χ0v) is 12.8. The van der Waals surface area contributed by atoms with Crippen molar-refractivity contribution in [2.75, 3.05) is 24.6 Å². The van der Waals surface area contributed by atoms with Crippen LogP contribution in [-0.2, 0) is 6.54 Å². The Balaban J connectivity index is 1.85. The monoisotopic (exact) mass is 276 g/mol. The van der Waals surface area contributed by atoms with Gasteiger partial charge in [-0.15, -0.1) is 0 Å². The Morgan fingerprint density at radius 3 is 2.35 bits per heavy atom. The average molecular weight is 276 g/mol. The molecule has 0 bridgehead atoms. The summed E-state index contributed by atoms with van der Waals surface area (Å²) in [5.41, 5.74) is 2.66. The van der Waals surface area contributed by atoms with Crippen molar-refractivity contribution >= 4 is 5.69 Å². The molecule has 0 spiro atoms. The first-order valence-electron chi connectivity index (χ1n) is 7.89. The fourth-order valence-corrected chi connectivity index (χ4v) is 2.61. The Bertz CT molecular complexity index is 384. The molecule has 2 rings (SSSR count). The summed E-state index contributed by atoms with van der Waals surface area (Å²) in [4.78, 5) is 2.48. The van der Waals surface area contributed by atoms with E-state index in [0.717, 1.165) is 6.54 Å². The fourth-order valence-electron chi connectivity index (χ4n) is 2.61. The van der Waals surface area contributed by atoms with Crippen molar-refractivity contribution in [2.24, 2.45) is 5.92 Å². The number of nitrogens with one attached hydrogen (secondary N) is 1. The Hall–Kier alpha value is -1.06. The van der Waals surface area contributed by atoms with Gasteiger partial charge in [0.1, 0.15) is 0 Å². The third-order valence-electron chi connectivity index (χ3n) is 4.43. The zero-order valence-electron chi connectivity index (χ0n) is 12.8. The number of nitrogens with zero attached hydrogens (tertiary/aromatic N) is 1. The van der Waals surface area contributed by atoms with Gasteiger partial charge in [-0.3, -0.25) is 0 Å². The van der Waals surface area contributed by atoms with Gasteiger partial charge in [-0.1, -0.05) is 19.1 Å². The summed E-state index contributed by atoms with van der Waals surface area (Å²) in [6.45, 7) is 7.69. The van der Waals surface area contributed by atoms with E-state index in [4.69, 9.17) is 5.11 Å². The molecule has 1 aliphatic rings. The summed E-state index contributed by atoms with van der Waals surface area (Å²) < 4.78 is 0. The Morgan fingerprint density at radius 1 is 1.10 bits per heavy atom. The first-order chi connectivity index (χ1) is 9.70. The number of piperidine rings is 1. The van der Waals surface area contributed by atoms with Crippen LogP contribution in [0.15, 0.2) is 24.3 Å². The van der Waals surface area contributed by atoms with Crippen LogP contribution in [0, 0.1) is 5.92 Å². The quantitative estimate of drug-likeness (QED) is 0.838. The maximum absolute atomic E-state index is 9.14. The Kier molecular flexibility index (Phi) is 5.86. The molecule has 0 aliphatic carbocycles. The molecule has 20 heavy (non-hydrogen) atoms. The molecule has 0 saturated carbocycles. The highest BCUT2D eigenvalue weighted by atomic mass is 16.3. The largest absolute Gasteiger partial charge is 0.396 e. The van der Waals surface area contributed by atoms with Crippen LogP contribution in [-0.4, -0.2) is 30.8 Å². The molecule has 3 heteroatoms. The van der Waals surface area contributed by atoms with E-state index in [0.29, 0.717) is 12.0 Å². The number of aliphatic hydroxyl groups excluding tert-OH is 1. The number of benzene rings is 1. The van der Waals surface area contributed by atoms with E-state index >= 15 is 0 Å². The normalized spacial score (nSPS) is 18.9. The standard InChI is InChI=1S/C17H28N2O/c1-14(13-20)15(2)18-12-16-6-8-17(9-7-16)19-10-4-3-5-11-19/h6-9,14-15,18,20H,3-5,10-13H2,1-2H3. The molecule has 0 amide bonds. The molecule has 2 N–H and O–H groups in total. The van der Waals surface area contributed by atoms with Crippen LogP contribution in [0.3, 0.4) is 0 Å². The predicted molar refractivity (Wildman–Crippen MR) is 85.1 cm³/mol. The van der Waals surface area contributed by atoms with E-state index in [9.17, 15) is 0 Å². The fraction of sp³-hybridized carbons (Fsp3) is 0.647. The topological polar surface area (TPSA) is 35.5 Å². The highest BCUT2D eigenvalue weighted by Gasteiger charge is 2.12. The Morgan fingerprint density at radius 2 is 1.75 bits per heavy atom. The predicted octanol–water partition coefficient (Wildman–Crippen LogP) is 2.78. The van der Waals surface area contributed by atoms with Gasteiger partial charge in [0.15, 0.2) is 0 Å². The minimum atomic E-state index is 0.238. The van der Waals surface area contributed by atoms with Crippen molar-refractivity contribution in [1.29, 1.82) is 0 Å². The lowest BCUT2D eigenvalue weighted by Gasteiger charge is -2.29. The maximum Gasteiger partial charge on any atom is 0.0471 e. The molecular weight excluding hydrogens is 248 g/mol. The van der Waals surface area contributed by atoms with Crippen LogP contribution in [0.5, 0.6) is 0 Å². The van der Waals surface area contributed by atoms with Crippen molar-refractivity contribution in [2.45, 2.75) is 45.7 Å². The Labute approximate surface area is 123 Å². The smallest absolute Gasteiger partial charge is 0.0471 e. The summed E-state index contributed by atoms with van der Waals surface area (Å²) in [6.07, 6.45) is 4.01. The summed E-state index contributed by atoms with van der Waals surface area (Å²) in [5, 5.41) is 12.6. The molecule has 1 saturated heterocycles. The SMILES string of the molecule is CC(CO)C(C)NCc1ccc(N2CCCCC2)cc1. The average Bonchev–Trinajstić information content (AvgIpc) is 2.53. The highest BCUT2D eigenvalue weighted by Crippen LogP contribution is 2.20. The molecule has 112 valence electrons. The zero-order chi connectivity index (χ0) is 14.4. The van der Waals surface area contributed by atoms with Gasteiger partial charge in [0.05, 0.1) is 0 Å². The van der Waals surface area contributed by atoms with Gasteiger partial charge < -0.3 is 15.3 Å². The summed E-state index contributed by atoms with van der Waals surface area (Å²) in [7, 11) is 0. The van der Waals surface area contributed by atoms with Crippen LogP contribution < -0.4 is 10.2 Å². The molecule has 0 radical (unpaired) electrons. The van der Waals surface area contributed by atoms with Crippen molar-refractivity contribution in [3.8, 4) is 0 Å². The number of hydrogen-bond acceptors (Lipinski definition) is 3. The summed E-state index contributed by atoms with van der Waals surface area (Å²) in [6, 6.07) is 9.24. The molecule has 1 heterocycles. The number of aliphatic hydroxyl groups is 1. The van der Waals surface area contributed by atoms with Gasteiger partial charge >= 0.3 is 0 Å². The van der Waals surface area contributed by atoms with E-state index in [1.165, 1.54) is 43.6 Å². The molecule has 0 aromatic heterocycles. The molecule has 2 unspecified atom stereocenters. The molecule has 3 nitrogen and oxygen atoms in total. The van der Waals surface area contributed by atoms with Crippen molar-refractivity contribution in [3.05, 3.63) is 29.8 Å². The minimum absolute atomic E-state index is 0.238. The van der Waals surface area contributed by atoms with Crippen molar-refractivity contribution in [3.63, 3.8) is 0 Å². The minimum Gasteiger partial charge on any atom is -0.396 e. The highest BCUT2D eigenvalue weighted by molar-refractivity contribution is 5.47. The molecule has 1 aliphatic heterocycles. The lowest BCUT2D eigenvalue weighted by molar-refractivity contribution is 0.207. The van der Waals surface area contributed by atoms with Crippen molar-refractivity contribution < 1.29 is 5.11 Å². The van der Waals surface area contributed by atoms with Crippen LogP contribution >= 0.6 is 0 Å². The molecule has 1 aromatic carbocycles. The second kappa shape index (κ2) is 7.65. The maximum atomic E-state index is 9.14. The molecular formula is C17H28N2O. The second-order valence-corrected chi connectivity index (χ2v) is 6.04. The summed E-state index contributed by atoms with van der Waals surface area (Å²) in [5.74, 6) is 0.294. The first-order valence-corrected chi connectivity index (χ1v) is 7.89. The van der Waals surface area contributed by atoms with Gasteiger partial charge in [-0.2, -0.15) is 0 Å². The van der Waals surface area contributed by atoms with Crippen molar-refractivity contribution in [1.82, 2.24) is 5.32 Å². The van der Waals surface area contributed by atoms with E-state index in [1.54, 1.807) is 0 Å². The number of rotatable bonds is 6. The first kappa shape index (κ1) is 15.3. The van der Waals surface area contributed by atoms with Gasteiger partial charge in [0, 0.05) is 38.0 Å². The van der Waals surface area contributed by atoms with E-state index < -0.39 is 0 Å². The van der Waals surface area contributed by atoms with E-state index in [-0.39, 0.29) is 6.61 Å². The molecule has 1 aromatic rings. The molecule has 1 fully saturated rings. The summed E-state index contributed by atoms with van der Waals surface area (Å²) >= 11 is 0. The van der Waals surface area contributed by atoms with E-state index in [1.807, 2.05) is 0 Å². The van der Waals surface area contributed by atoms with Gasteiger partial charge in [0.25, 0.3) is 0 Å². The lowest BCUT2D eigenvalue weighted by atomic mass is 10.0. The van der Waals surface area contributed by atoms with Gasteiger partial charge in [-0.25, -0.2) is 0 Å². The third kappa shape index (κ3) is 4.22. The third-order valence-corrected chi connectivity index (χ3v) is 4.43. The van der Waals surface area contributed by atoms with Crippen LogP contribution in [0.2, 0.25) is 0 Å².